The van der Waals surface area contributed by atoms with E-state index in [4.69, 9.17) is 0 Å². The zero-order chi connectivity index (χ0) is 19.5. The van der Waals surface area contributed by atoms with Gasteiger partial charge in [0.15, 0.2) is 7.00 Å². The van der Waals surface area contributed by atoms with Gasteiger partial charge in [-0.1, -0.05) is 117 Å². The van der Waals surface area contributed by atoms with Gasteiger partial charge >= 0.3 is 0 Å². The standard InChI is InChI=1S/C27H21BP/c1-3-13-23(14-4-1)29(24-15-5-2-6-16-24)28-20-27-25-17-9-7-11-21(25)19-22-12-8-10-18-26(22)27/h1-19H,20H2. The third kappa shape index (κ3) is 3.71. The van der Waals surface area contributed by atoms with Crippen molar-refractivity contribution in [2.75, 3.05) is 0 Å². The first-order valence-corrected chi connectivity index (χ1v) is 11.4. The summed E-state index contributed by atoms with van der Waals surface area (Å²) in [4.78, 5) is 0. The molecule has 0 unspecified atom stereocenters. The predicted molar refractivity (Wildman–Crippen MR) is 130 cm³/mol. The Kier molecular flexibility index (Phi) is 5.16. The largest absolute Gasteiger partial charge is 0.163 e. The van der Waals surface area contributed by atoms with Crippen LogP contribution in [-0.2, 0) is 6.32 Å². The van der Waals surface area contributed by atoms with Crippen LogP contribution in [0.4, 0.5) is 0 Å². The van der Waals surface area contributed by atoms with E-state index in [2.05, 4.69) is 122 Å². The summed E-state index contributed by atoms with van der Waals surface area (Å²) in [5, 5.41) is 8.16. The van der Waals surface area contributed by atoms with Gasteiger partial charge in [0.05, 0.1) is 0 Å². The van der Waals surface area contributed by atoms with Gasteiger partial charge in [0.25, 0.3) is 0 Å². The number of hydrogen-bond acceptors (Lipinski definition) is 0. The molecule has 0 aliphatic heterocycles. The van der Waals surface area contributed by atoms with E-state index in [1.807, 2.05) is 0 Å². The third-order valence-electron chi connectivity index (χ3n) is 5.43. The fourth-order valence-electron chi connectivity index (χ4n) is 4.05. The molecule has 0 saturated carbocycles. The van der Waals surface area contributed by atoms with Crippen LogP contribution in [0.5, 0.6) is 0 Å². The normalized spacial score (nSPS) is 11.2. The topological polar surface area (TPSA) is 0 Å². The molecule has 0 amide bonds. The molecule has 0 N–H and O–H groups in total. The first kappa shape index (κ1) is 18.2. The minimum Gasteiger partial charge on any atom is -0.0867 e. The Balaban J connectivity index is 1.59. The quantitative estimate of drug-likeness (QED) is 0.190. The van der Waals surface area contributed by atoms with Gasteiger partial charge in [0.1, 0.15) is 0 Å². The Labute approximate surface area is 174 Å². The monoisotopic (exact) mass is 387 g/mol. The summed E-state index contributed by atoms with van der Waals surface area (Å²) in [6, 6.07) is 41.7. The highest BCUT2D eigenvalue weighted by Gasteiger charge is 2.16. The minimum absolute atomic E-state index is 0.510. The smallest absolute Gasteiger partial charge is 0.0867 e. The lowest BCUT2D eigenvalue weighted by Crippen LogP contribution is -2.17. The molecule has 0 aromatic heterocycles. The van der Waals surface area contributed by atoms with Crippen molar-refractivity contribution in [1.29, 1.82) is 0 Å². The Bertz CT molecular complexity index is 1160. The fourth-order valence-corrected chi connectivity index (χ4v) is 6.12. The van der Waals surface area contributed by atoms with Gasteiger partial charge in [-0.15, -0.1) is 0 Å². The first-order valence-electron chi connectivity index (χ1n) is 10.0. The Morgan fingerprint density at radius 2 is 0.966 bits per heavy atom. The van der Waals surface area contributed by atoms with E-state index < -0.39 is 7.80 Å². The zero-order valence-electron chi connectivity index (χ0n) is 16.2. The number of benzene rings is 5. The highest BCUT2D eigenvalue weighted by Crippen LogP contribution is 2.35. The van der Waals surface area contributed by atoms with E-state index in [1.165, 1.54) is 37.7 Å². The SMILES string of the molecule is [B](Cc1c2ccccc2cc2ccccc12)P(c1ccccc1)c1ccccc1. The molecule has 0 atom stereocenters. The molecule has 5 rings (SSSR count). The molecule has 5 aromatic carbocycles. The van der Waals surface area contributed by atoms with E-state index in [9.17, 15) is 0 Å². The van der Waals surface area contributed by atoms with Crippen LogP contribution in [0.25, 0.3) is 21.5 Å². The molecule has 1 radical (unpaired) electrons. The molecule has 0 spiro atoms. The Hall–Kier alpha value is -2.89. The molecule has 0 fully saturated rings. The predicted octanol–water partition coefficient (Wildman–Crippen LogP) is 6.25. The highest BCUT2D eigenvalue weighted by molar-refractivity contribution is 7.97. The lowest BCUT2D eigenvalue weighted by Gasteiger charge is -2.19. The molecule has 0 bridgehead atoms. The van der Waals surface area contributed by atoms with E-state index in [0.29, 0.717) is 0 Å². The van der Waals surface area contributed by atoms with Crippen molar-refractivity contribution < 1.29 is 0 Å². The fraction of sp³-hybridized carbons (Fsp3) is 0.0370. The zero-order valence-corrected chi connectivity index (χ0v) is 17.1. The second-order valence-electron chi connectivity index (χ2n) is 7.23. The first-order chi connectivity index (χ1) is 14.4. The van der Waals surface area contributed by atoms with Crippen molar-refractivity contribution in [3.05, 3.63) is 121 Å². The van der Waals surface area contributed by atoms with Crippen molar-refractivity contribution in [2.24, 2.45) is 0 Å². The van der Waals surface area contributed by atoms with Crippen molar-refractivity contribution in [2.45, 2.75) is 6.32 Å². The molecule has 2 heteroatoms. The summed E-state index contributed by atoms with van der Waals surface area (Å²) >= 11 is 0. The van der Waals surface area contributed by atoms with Crippen molar-refractivity contribution in [1.82, 2.24) is 0 Å². The number of hydrogen-bond donors (Lipinski definition) is 0. The maximum absolute atomic E-state index is 2.54. The number of rotatable bonds is 5. The molecule has 5 aromatic rings. The maximum Gasteiger partial charge on any atom is 0.163 e. The molecule has 0 saturated heterocycles. The third-order valence-corrected chi connectivity index (χ3v) is 7.69. The summed E-state index contributed by atoms with van der Waals surface area (Å²) in [6.07, 6.45) is 0.956. The Morgan fingerprint density at radius 1 is 0.517 bits per heavy atom. The second-order valence-corrected chi connectivity index (χ2v) is 9.36. The average molecular weight is 387 g/mol. The van der Waals surface area contributed by atoms with Crippen LogP contribution in [0.1, 0.15) is 5.56 Å². The molecule has 0 nitrogen and oxygen atoms in total. The van der Waals surface area contributed by atoms with E-state index >= 15 is 0 Å². The summed E-state index contributed by atoms with van der Waals surface area (Å²) in [5.74, 6) is 0. The van der Waals surface area contributed by atoms with Crippen molar-refractivity contribution in [3.8, 4) is 0 Å². The lowest BCUT2D eigenvalue weighted by atomic mass is 9.87. The van der Waals surface area contributed by atoms with Gasteiger partial charge < -0.3 is 0 Å². The van der Waals surface area contributed by atoms with Crippen molar-refractivity contribution in [3.63, 3.8) is 0 Å². The lowest BCUT2D eigenvalue weighted by molar-refractivity contribution is 1.49. The van der Waals surface area contributed by atoms with Gasteiger partial charge in [-0.25, -0.2) is 0 Å². The summed E-state index contributed by atoms with van der Waals surface area (Å²) in [5.41, 5.74) is 1.43. The van der Waals surface area contributed by atoms with Crippen LogP contribution in [-0.4, -0.2) is 7.00 Å². The van der Waals surface area contributed by atoms with Gasteiger partial charge in [0.2, 0.25) is 0 Å². The van der Waals surface area contributed by atoms with E-state index in [-0.39, 0.29) is 0 Å². The van der Waals surface area contributed by atoms with Gasteiger partial charge in [-0.2, -0.15) is 0 Å². The molecular weight excluding hydrogens is 366 g/mol. The Morgan fingerprint density at radius 3 is 1.48 bits per heavy atom. The average Bonchev–Trinajstić information content (AvgIpc) is 2.80. The molecule has 0 aliphatic rings. The van der Waals surface area contributed by atoms with Crippen LogP contribution >= 0.6 is 7.80 Å². The second kappa shape index (κ2) is 8.23. The van der Waals surface area contributed by atoms with Crippen LogP contribution in [0.2, 0.25) is 0 Å². The summed E-state index contributed by atoms with van der Waals surface area (Å²) < 4.78 is 0. The van der Waals surface area contributed by atoms with Crippen LogP contribution in [0.15, 0.2) is 115 Å². The molecular formula is C27H21BP. The van der Waals surface area contributed by atoms with Crippen LogP contribution < -0.4 is 10.6 Å². The van der Waals surface area contributed by atoms with Gasteiger partial charge in [-0.3, -0.25) is 0 Å². The number of fused-ring (bicyclic) bond motifs is 2. The minimum atomic E-state index is -0.510. The van der Waals surface area contributed by atoms with Gasteiger partial charge in [-0.05, 0) is 50.1 Å². The van der Waals surface area contributed by atoms with E-state index in [1.54, 1.807) is 0 Å². The highest BCUT2D eigenvalue weighted by atomic mass is 31.1. The van der Waals surface area contributed by atoms with E-state index in [0.717, 1.165) is 6.32 Å². The summed E-state index contributed by atoms with van der Waals surface area (Å²) in [7, 11) is -0.510. The molecule has 0 aliphatic carbocycles. The van der Waals surface area contributed by atoms with Crippen LogP contribution in [0.3, 0.4) is 0 Å². The summed E-state index contributed by atoms with van der Waals surface area (Å²) in [6.45, 7) is 2.54. The van der Waals surface area contributed by atoms with Gasteiger partial charge in [0, 0.05) is 0 Å². The molecule has 29 heavy (non-hydrogen) atoms. The van der Waals surface area contributed by atoms with Crippen molar-refractivity contribution >= 4 is 47.0 Å². The maximum atomic E-state index is 2.54. The molecule has 137 valence electrons. The van der Waals surface area contributed by atoms with Crippen LogP contribution in [0, 0.1) is 0 Å². The molecule has 0 heterocycles.